The fourth-order valence-electron chi connectivity index (χ4n) is 3.97. The SMILES string of the molecule is Nc1nc(C#CC2(O)CCCN(Cc3c(F)cc(F)cc3F)C2)cn2nc(-c3ccco3)nc12. The van der Waals surface area contributed by atoms with Crippen LogP contribution in [0.15, 0.2) is 41.1 Å². The van der Waals surface area contributed by atoms with Gasteiger partial charge in [-0.15, -0.1) is 5.10 Å². The Morgan fingerprint density at radius 1 is 1.21 bits per heavy atom. The second-order valence-electron chi connectivity index (χ2n) is 8.14. The fourth-order valence-corrected chi connectivity index (χ4v) is 3.97. The Hall–Kier alpha value is -3.88. The number of aromatic nitrogens is 4. The number of nitrogens with two attached hydrogens (primary N) is 1. The van der Waals surface area contributed by atoms with Crippen LogP contribution >= 0.6 is 0 Å². The number of nitrogen functional groups attached to an aromatic ring is 1. The van der Waals surface area contributed by atoms with Crippen molar-refractivity contribution in [3.05, 3.63) is 65.4 Å². The summed E-state index contributed by atoms with van der Waals surface area (Å²) in [4.78, 5) is 10.2. The monoisotopic (exact) mass is 468 g/mol. The molecule has 4 heterocycles. The largest absolute Gasteiger partial charge is 0.461 e. The van der Waals surface area contributed by atoms with Crippen LogP contribution in [-0.2, 0) is 6.54 Å². The molecule has 11 heteroatoms. The normalized spacial score (nSPS) is 18.7. The number of likely N-dealkylation sites (tertiary alicyclic amines) is 1. The highest BCUT2D eigenvalue weighted by molar-refractivity contribution is 5.64. The van der Waals surface area contributed by atoms with E-state index in [1.165, 1.54) is 17.0 Å². The van der Waals surface area contributed by atoms with E-state index in [4.69, 9.17) is 10.2 Å². The number of rotatable bonds is 3. The van der Waals surface area contributed by atoms with E-state index in [0.29, 0.717) is 48.8 Å². The number of hydrogen-bond acceptors (Lipinski definition) is 7. The number of benzene rings is 1. The summed E-state index contributed by atoms with van der Waals surface area (Å²) in [5, 5.41) is 15.3. The molecule has 174 valence electrons. The topological polar surface area (TPSA) is 106 Å². The Kier molecular flexibility index (Phi) is 5.47. The number of hydrogen-bond donors (Lipinski definition) is 2. The Morgan fingerprint density at radius 3 is 2.74 bits per heavy atom. The molecule has 1 unspecified atom stereocenters. The van der Waals surface area contributed by atoms with Crippen molar-refractivity contribution in [3.63, 3.8) is 0 Å². The molecule has 1 aromatic carbocycles. The van der Waals surface area contributed by atoms with Crippen LogP contribution in [0.2, 0.25) is 0 Å². The first-order valence-electron chi connectivity index (χ1n) is 10.5. The minimum atomic E-state index is -1.43. The smallest absolute Gasteiger partial charge is 0.218 e. The lowest BCUT2D eigenvalue weighted by Crippen LogP contribution is -2.47. The summed E-state index contributed by atoms with van der Waals surface area (Å²) < 4.78 is 48.0. The summed E-state index contributed by atoms with van der Waals surface area (Å²) in [5.74, 6) is 3.64. The Labute approximate surface area is 191 Å². The van der Waals surface area contributed by atoms with Gasteiger partial charge in [0.05, 0.1) is 12.5 Å². The molecule has 0 bridgehead atoms. The first-order valence-corrected chi connectivity index (χ1v) is 10.5. The highest BCUT2D eigenvalue weighted by Gasteiger charge is 2.32. The first kappa shape index (κ1) is 21.9. The van der Waals surface area contributed by atoms with Gasteiger partial charge in [0.2, 0.25) is 5.82 Å². The molecule has 1 aliphatic rings. The molecule has 1 fully saturated rings. The van der Waals surface area contributed by atoms with Crippen molar-refractivity contribution in [3.8, 4) is 23.4 Å². The Balaban J connectivity index is 1.37. The molecule has 4 aromatic rings. The molecule has 5 rings (SSSR count). The van der Waals surface area contributed by atoms with Gasteiger partial charge in [-0.25, -0.2) is 27.7 Å². The molecule has 0 spiro atoms. The lowest BCUT2D eigenvalue weighted by molar-refractivity contribution is 0.0122. The summed E-state index contributed by atoms with van der Waals surface area (Å²) in [7, 11) is 0. The van der Waals surface area contributed by atoms with E-state index in [-0.39, 0.29) is 30.2 Å². The van der Waals surface area contributed by atoms with Gasteiger partial charge in [-0.2, -0.15) is 0 Å². The summed E-state index contributed by atoms with van der Waals surface area (Å²) in [5.41, 5.74) is 4.93. The van der Waals surface area contributed by atoms with Crippen molar-refractivity contribution in [2.24, 2.45) is 0 Å². The van der Waals surface area contributed by atoms with Crippen molar-refractivity contribution in [1.82, 2.24) is 24.5 Å². The molecule has 1 atom stereocenters. The zero-order valence-corrected chi connectivity index (χ0v) is 17.8. The van der Waals surface area contributed by atoms with E-state index in [1.807, 2.05) is 0 Å². The molecule has 0 radical (unpaired) electrons. The third-order valence-corrected chi connectivity index (χ3v) is 5.55. The molecule has 0 saturated carbocycles. The number of β-amino-alcohol motifs (C(OH)–C–C–N with tert-alkyl or cyclic N) is 1. The lowest BCUT2D eigenvalue weighted by Gasteiger charge is -2.36. The van der Waals surface area contributed by atoms with Gasteiger partial charge in [-0.05, 0) is 37.4 Å². The van der Waals surface area contributed by atoms with Crippen LogP contribution < -0.4 is 5.73 Å². The van der Waals surface area contributed by atoms with E-state index < -0.39 is 23.1 Å². The van der Waals surface area contributed by atoms with Crippen molar-refractivity contribution < 1.29 is 22.7 Å². The van der Waals surface area contributed by atoms with Crippen molar-refractivity contribution in [2.45, 2.75) is 25.0 Å². The Bertz CT molecular complexity index is 1400. The van der Waals surface area contributed by atoms with Crippen molar-refractivity contribution in [1.29, 1.82) is 0 Å². The maximum Gasteiger partial charge on any atom is 0.218 e. The zero-order valence-electron chi connectivity index (χ0n) is 17.8. The average Bonchev–Trinajstić information content (AvgIpc) is 3.45. The number of piperidine rings is 1. The molecule has 1 saturated heterocycles. The molecular formula is C23H19F3N6O2. The maximum absolute atomic E-state index is 14.0. The number of fused-ring (bicyclic) bond motifs is 1. The summed E-state index contributed by atoms with van der Waals surface area (Å²) in [6.07, 6.45) is 3.96. The second-order valence-corrected chi connectivity index (χ2v) is 8.14. The fraction of sp³-hybridized carbons (Fsp3) is 0.261. The summed E-state index contributed by atoms with van der Waals surface area (Å²) in [6.45, 7) is 0.444. The summed E-state index contributed by atoms with van der Waals surface area (Å²) in [6, 6.07) is 4.71. The van der Waals surface area contributed by atoms with Crippen molar-refractivity contribution >= 4 is 11.5 Å². The van der Waals surface area contributed by atoms with Gasteiger partial charge >= 0.3 is 0 Å². The van der Waals surface area contributed by atoms with Gasteiger partial charge in [-0.3, -0.25) is 4.90 Å². The second kappa shape index (κ2) is 8.48. The molecule has 0 aliphatic carbocycles. The van der Waals surface area contributed by atoms with Crippen molar-refractivity contribution in [2.75, 3.05) is 18.8 Å². The number of nitrogens with zero attached hydrogens (tertiary/aromatic N) is 5. The molecule has 34 heavy (non-hydrogen) atoms. The highest BCUT2D eigenvalue weighted by Crippen LogP contribution is 2.25. The first-order chi connectivity index (χ1) is 16.3. The minimum absolute atomic E-state index is 0.0555. The molecule has 3 aromatic heterocycles. The minimum Gasteiger partial charge on any atom is -0.461 e. The third kappa shape index (κ3) is 4.33. The quantitative estimate of drug-likeness (QED) is 0.446. The van der Waals surface area contributed by atoms with Gasteiger partial charge in [0.1, 0.15) is 28.7 Å². The highest BCUT2D eigenvalue weighted by atomic mass is 19.1. The molecule has 0 amide bonds. The van der Waals surface area contributed by atoms with Crippen LogP contribution in [0.1, 0.15) is 24.1 Å². The third-order valence-electron chi connectivity index (χ3n) is 5.55. The van der Waals surface area contributed by atoms with E-state index in [9.17, 15) is 18.3 Å². The van der Waals surface area contributed by atoms with Gasteiger partial charge in [0, 0.05) is 30.8 Å². The predicted molar refractivity (Wildman–Crippen MR) is 116 cm³/mol. The molecular weight excluding hydrogens is 449 g/mol. The zero-order chi connectivity index (χ0) is 23.9. The lowest BCUT2D eigenvalue weighted by atomic mass is 9.93. The van der Waals surface area contributed by atoms with Crippen LogP contribution in [0.25, 0.3) is 17.2 Å². The predicted octanol–water partition coefficient (Wildman–Crippen LogP) is 2.76. The number of aliphatic hydroxyl groups is 1. The molecule has 3 N–H and O–H groups in total. The van der Waals surface area contributed by atoms with Gasteiger partial charge in [0.25, 0.3) is 0 Å². The maximum atomic E-state index is 14.0. The number of anilines is 1. The molecule has 8 nitrogen and oxygen atoms in total. The van der Waals surface area contributed by atoms with Crippen LogP contribution in [0.4, 0.5) is 19.0 Å². The van der Waals surface area contributed by atoms with Gasteiger partial charge in [0.15, 0.2) is 17.2 Å². The standard InChI is InChI=1S/C23H19F3N6O2/c24-14-9-17(25)16(18(26)10-14)12-31-7-2-5-23(33,13-31)6-4-15-11-32-22(20(27)28-15)29-21(30-32)19-3-1-8-34-19/h1,3,8-11,33H,2,5,7,12-13H2,(H2,27,28). The van der Waals surface area contributed by atoms with Crippen LogP contribution in [0, 0.1) is 29.3 Å². The van der Waals surface area contributed by atoms with Gasteiger partial charge in [-0.1, -0.05) is 5.92 Å². The molecule has 1 aliphatic heterocycles. The van der Waals surface area contributed by atoms with E-state index in [2.05, 4.69) is 26.9 Å². The van der Waals surface area contributed by atoms with Crippen LogP contribution in [0.3, 0.4) is 0 Å². The van der Waals surface area contributed by atoms with Gasteiger partial charge < -0.3 is 15.3 Å². The number of furan rings is 1. The van der Waals surface area contributed by atoms with E-state index in [1.54, 1.807) is 17.0 Å². The van der Waals surface area contributed by atoms with E-state index in [0.717, 1.165) is 0 Å². The van der Waals surface area contributed by atoms with Crippen LogP contribution in [0.5, 0.6) is 0 Å². The average molecular weight is 468 g/mol. The van der Waals surface area contributed by atoms with E-state index >= 15 is 0 Å². The number of halogens is 3. The Morgan fingerprint density at radius 2 is 2.00 bits per heavy atom. The summed E-state index contributed by atoms with van der Waals surface area (Å²) >= 11 is 0. The van der Waals surface area contributed by atoms with Crippen LogP contribution in [-0.4, -0.2) is 48.3 Å².